The second-order valence-corrected chi connectivity index (χ2v) is 10.5. The summed E-state index contributed by atoms with van der Waals surface area (Å²) in [7, 11) is 0. The predicted molar refractivity (Wildman–Crippen MR) is 146 cm³/mol. The Morgan fingerprint density at radius 1 is 0.946 bits per heavy atom. The van der Waals surface area contributed by atoms with E-state index >= 15 is 0 Å². The van der Waals surface area contributed by atoms with Crippen LogP contribution in [0, 0.1) is 0 Å². The van der Waals surface area contributed by atoms with Crippen LogP contribution >= 0.6 is 0 Å². The standard InChI is InChI=1S/C31H33N3O3/c1-21(15-16-22-9-3-2-4-10-22)33-20-25(34-29(33)26-13-7-8-14-27(26)30(34)35)19-32-18-24-12-6-5-11-23(24)17-28(32)31(36)37/h2-14,21,25,28,35H,15-20H2,1H3,(H,36,37)/t21?,25-,28?/m1/s1. The van der Waals surface area contributed by atoms with E-state index in [9.17, 15) is 15.0 Å². The maximum Gasteiger partial charge on any atom is 0.321 e. The number of aromatic hydroxyl groups is 1. The first kappa shape index (κ1) is 23.6. The molecule has 3 atom stereocenters. The van der Waals surface area contributed by atoms with E-state index in [2.05, 4.69) is 57.7 Å². The van der Waals surface area contributed by atoms with Crippen molar-refractivity contribution >= 4 is 22.6 Å². The molecule has 3 aromatic carbocycles. The summed E-state index contributed by atoms with van der Waals surface area (Å²) in [5, 5.41) is 23.3. The number of nitrogens with zero attached hydrogens (tertiary/aromatic N) is 3. The molecule has 0 fully saturated rings. The number of fused-ring (bicyclic) bond motifs is 4. The molecule has 1 aromatic heterocycles. The van der Waals surface area contributed by atoms with E-state index in [1.54, 1.807) is 0 Å². The highest BCUT2D eigenvalue weighted by molar-refractivity contribution is 5.99. The fourth-order valence-corrected chi connectivity index (χ4v) is 6.25. The van der Waals surface area contributed by atoms with Gasteiger partial charge < -0.3 is 15.1 Å². The number of aliphatic carboxylic acids is 1. The topological polar surface area (TPSA) is 68.9 Å². The predicted octanol–water partition coefficient (Wildman–Crippen LogP) is 5.24. The van der Waals surface area contributed by atoms with Gasteiger partial charge in [-0.3, -0.25) is 14.3 Å². The molecule has 0 amide bonds. The molecule has 0 spiro atoms. The van der Waals surface area contributed by atoms with Crippen molar-refractivity contribution in [3.63, 3.8) is 0 Å². The van der Waals surface area contributed by atoms with Gasteiger partial charge in [-0.1, -0.05) is 72.8 Å². The number of rotatable bonds is 7. The van der Waals surface area contributed by atoms with Gasteiger partial charge in [0.15, 0.2) is 0 Å². The lowest BCUT2D eigenvalue weighted by atomic mass is 9.93. The molecule has 0 saturated heterocycles. The highest BCUT2D eigenvalue weighted by atomic mass is 16.4. The second kappa shape index (κ2) is 9.60. The van der Waals surface area contributed by atoms with Crippen LogP contribution in [0.15, 0.2) is 78.9 Å². The maximum absolute atomic E-state index is 12.3. The lowest BCUT2D eigenvalue weighted by molar-refractivity contribution is -0.144. The van der Waals surface area contributed by atoms with Crippen LogP contribution in [-0.4, -0.2) is 50.8 Å². The molecule has 0 radical (unpaired) electrons. The van der Waals surface area contributed by atoms with E-state index in [0.29, 0.717) is 19.5 Å². The number of carbonyl (C=O) groups is 1. The number of carboxylic acid groups (broad SMARTS) is 1. The summed E-state index contributed by atoms with van der Waals surface area (Å²) in [5.41, 5.74) is 3.63. The monoisotopic (exact) mass is 495 g/mol. The normalized spacial score (nSPS) is 20.1. The number of aromatic nitrogens is 1. The average Bonchev–Trinajstić information content (AvgIpc) is 3.44. The Morgan fingerprint density at radius 2 is 1.62 bits per heavy atom. The van der Waals surface area contributed by atoms with Crippen molar-refractivity contribution in [1.29, 1.82) is 0 Å². The molecule has 6 heteroatoms. The van der Waals surface area contributed by atoms with Gasteiger partial charge in [0, 0.05) is 36.4 Å². The number of benzene rings is 3. The van der Waals surface area contributed by atoms with Crippen molar-refractivity contribution in [3.05, 3.63) is 95.6 Å². The van der Waals surface area contributed by atoms with Crippen molar-refractivity contribution in [2.75, 3.05) is 18.0 Å². The minimum absolute atomic E-state index is 0.0475. The molecule has 2 aliphatic heterocycles. The van der Waals surface area contributed by atoms with Gasteiger partial charge in [0.2, 0.25) is 5.88 Å². The fraction of sp³-hybridized carbons (Fsp3) is 0.323. The highest BCUT2D eigenvalue weighted by Gasteiger charge is 2.39. The van der Waals surface area contributed by atoms with Crippen LogP contribution in [0.25, 0.3) is 10.8 Å². The van der Waals surface area contributed by atoms with Crippen LogP contribution in [0.5, 0.6) is 5.88 Å². The third kappa shape index (κ3) is 4.25. The number of anilines is 1. The second-order valence-electron chi connectivity index (χ2n) is 10.5. The Kier molecular flexibility index (Phi) is 6.13. The van der Waals surface area contributed by atoms with E-state index < -0.39 is 12.0 Å². The first-order valence-electron chi connectivity index (χ1n) is 13.2. The van der Waals surface area contributed by atoms with Gasteiger partial charge in [0.05, 0.1) is 6.04 Å². The van der Waals surface area contributed by atoms with Gasteiger partial charge in [0.1, 0.15) is 11.9 Å². The van der Waals surface area contributed by atoms with Crippen molar-refractivity contribution in [3.8, 4) is 5.88 Å². The molecule has 190 valence electrons. The van der Waals surface area contributed by atoms with Crippen molar-refractivity contribution in [2.45, 2.75) is 50.9 Å². The van der Waals surface area contributed by atoms with Crippen LogP contribution in [0.1, 0.15) is 36.1 Å². The average molecular weight is 496 g/mol. The minimum atomic E-state index is -0.789. The molecule has 3 heterocycles. The van der Waals surface area contributed by atoms with Crippen molar-refractivity contribution in [2.24, 2.45) is 0 Å². The van der Waals surface area contributed by atoms with Crippen molar-refractivity contribution in [1.82, 2.24) is 9.47 Å². The quantitative estimate of drug-likeness (QED) is 0.367. The van der Waals surface area contributed by atoms with Crippen LogP contribution in [0.4, 0.5) is 5.82 Å². The Hall–Kier alpha value is -3.77. The molecular weight excluding hydrogens is 462 g/mol. The highest BCUT2D eigenvalue weighted by Crippen LogP contribution is 2.46. The number of carboxylic acids is 1. The zero-order valence-electron chi connectivity index (χ0n) is 21.1. The largest absolute Gasteiger partial charge is 0.494 e. The number of hydrogen-bond donors (Lipinski definition) is 2. The first-order valence-corrected chi connectivity index (χ1v) is 13.2. The molecule has 0 aliphatic carbocycles. The molecule has 0 bridgehead atoms. The van der Waals surface area contributed by atoms with Gasteiger partial charge in [-0.05, 0) is 48.9 Å². The van der Waals surface area contributed by atoms with Crippen LogP contribution in [0.3, 0.4) is 0 Å². The van der Waals surface area contributed by atoms with E-state index in [-0.39, 0.29) is 18.0 Å². The third-order valence-electron chi connectivity index (χ3n) is 8.21. The lowest BCUT2D eigenvalue weighted by Gasteiger charge is -2.36. The molecule has 2 unspecified atom stereocenters. The van der Waals surface area contributed by atoms with Crippen LogP contribution in [0.2, 0.25) is 0 Å². The van der Waals surface area contributed by atoms with Gasteiger partial charge in [-0.15, -0.1) is 0 Å². The van der Waals surface area contributed by atoms with E-state index in [1.165, 1.54) is 11.1 Å². The molecular formula is C31H33N3O3. The van der Waals surface area contributed by atoms with Crippen LogP contribution < -0.4 is 4.90 Å². The molecule has 2 aliphatic rings. The fourth-order valence-electron chi connectivity index (χ4n) is 6.25. The Labute approximate surface area is 217 Å². The molecule has 6 nitrogen and oxygen atoms in total. The molecule has 2 N–H and O–H groups in total. The maximum atomic E-state index is 12.3. The summed E-state index contributed by atoms with van der Waals surface area (Å²) < 4.78 is 2.06. The minimum Gasteiger partial charge on any atom is -0.494 e. The summed E-state index contributed by atoms with van der Waals surface area (Å²) in [6.07, 6.45) is 2.48. The summed E-state index contributed by atoms with van der Waals surface area (Å²) in [6, 6.07) is 26.4. The summed E-state index contributed by atoms with van der Waals surface area (Å²) in [4.78, 5) is 16.8. The number of hydrogen-bond acceptors (Lipinski definition) is 4. The summed E-state index contributed by atoms with van der Waals surface area (Å²) >= 11 is 0. The lowest BCUT2D eigenvalue weighted by Crippen LogP contribution is -2.48. The zero-order valence-corrected chi connectivity index (χ0v) is 21.1. The zero-order chi connectivity index (χ0) is 25.5. The van der Waals surface area contributed by atoms with Gasteiger partial charge in [0.25, 0.3) is 0 Å². The van der Waals surface area contributed by atoms with Gasteiger partial charge in [-0.25, -0.2) is 0 Å². The van der Waals surface area contributed by atoms with E-state index in [1.807, 2.05) is 42.5 Å². The Balaban J connectivity index is 1.32. The Morgan fingerprint density at radius 3 is 2.38 bits per heavy atom. The number of aryl methyl sites for hydroxylation is 1. The van der Waals surface area contributed by atoms with Gasteiger partial charge >= 0.3 is 5.97 Å². The van der Waals surface area contributed by atoms with E-state index in [4.69, 9.17) is 0 Å². The third-order valence-corrected chi connectivity index (χ3v) is 8.21. The SMILES string of the molecule is CC(CCc1ccccc1)N1C[C@@H](CN2Cc3ccccc3CC2C(=O)O)n2c(O)c3ccccc3c21. The molecule has 4 aromatic rings. The van der Waals surface area contributed by atoms with Gasteiger partial charge in [-0.2, -0.15) is 0 Å². The molecule has 0 saturated carbocycles. The molecule has 37 heavy (non-hydrogen) atoms. The Bertz CT molecular complexity index is 1430. The van der Waals surface area contributed by atoms with Crippen LogP contribution in [-0.2, 0) is 24.2 Å². The molecule has 6 rings (SSSR count). The first-order chi connectivity index (χ1) is 18.0. The summed E-state index contributed by atoms with van der Waals surface area (Å²) in [6.45, 7) is 4.17. The smallest absolute Gasteiger partial charge is 0.321 e. The van der Waals surface area contributed by atoms with E-state index in [0.717, 1.165) is 41.5 Å². The summed E-state index contributed by atoms with van der Waals surface area (Å²) in [5.74, 6) is 0.531. The van der Waals surface area contributed by atoms with Crippen molar-refractivity contribution < 1.29 is 15.0 Å².